The summed E-state index contributed by atoms with van der Waals surface area (Å²) in [5, 5.41) is 0. The van der Waals surface area contributed by atoms with Gasteiger partial charge in [-0.3, -0.25) is 4.79 Å². The molecule has 0 aromatic heterocycles. The molecule has 0 radical (unpaired) electrons. The first-order valence-corrected chi connectivity index (χ1v) is 10.1. The highest BCUT2D eigenvalue weighted by Crippen LogP contribution is 2.34. The topological polar surface area (TPSA) is 76.2 Å². The number of morpholine rings is 2. The van der Waals surface area contributed by atoms with Crippen LogP contribution in [0.5, 0.6) is 0 Å². The van der Waals surface area contributed by atoms with Crippen LogP contribution in [0, 0.1) is 5.92 Å². The van der Waals surface area contributed by atoms with Crippen molar-refractivity contribution in [2.45, 2.75) is 38.4 Å². The second kappa shape index (κ2) is 7.04. The quantitative estimate of drug-likeness (QED) is 0.704. The molecule has 23 heavy (non-hydrogen) atoms. The van der Waals surface area contributed by atoms with Crippen LogP contribution in [0.15, 0.2) is 0 Å². The number of hydrogen-bond acceptors (Lipinski definition) is 5. The Kier molecular flexibility index (Phi) is 5.25. The van der Waals surface area contributed by atoms with E-state index in [9.17, 15) is 13.2 Å². The van der Waals surface area contributed by atoms with Gasteiger partial charge in [0.25, 0.3) is 0 Å². The molecule has 3 heterocycles. The third kappa shape index (κ3) is 3.70. The van der Waals surface area contributed by atoms with Gasteiger partial charge in [0.15, 0.2) is 0 Å². The number of rotatable bonds is 5. The predicted molar refractivity (Wildman–Crippen MR) is 84.4 cm³/mol. The highest BCUT2D eigenvalue weighted by Gasteiger charge is 2.48. The first-order chi connectivity index (χ1) is 11.0. The van der Waals surface area contributed by atoms with E-state index in [0.29, 0.717) is 52.2 Å². The number of hydrogen-bond donors (Lipinski definition) is 0. The number of ether oxygens (including phenoxy) is 2. The number of carbonyl (C=O) groups is 1. The highest BCUT2D eigenvalue weighted by atomic mass is 32.2. The zero-order chi connectivity index (χ0) is 16.4. The first kappa shape index (κ1) is 17.1. The second-order valence-corrected chi connectivity index (χ2v) is 8.65. The molecule has 2 bridgehead atoms. The van der Waals surface area contributed by atoms with Crippen molar-refractivity contribution in [1.82, 2.24) is 9.21 Å². The largest absolute Gasteiger partial charge is 0.378 e. The van der Waals surface area contributed by atoms with Crippen molar-refractivity contribution in [3.8, 4) is 0 Å². The van der Waals surface area contributed by atoms with Crippen molar-refractivity contribution in [2.24, 2.45) is 5.92 Å². The minimum absolute atomic E-state index is 0.0913. The van der Waals surface area contributed by atoms with E-state index in [0.717, 1.165) is 6.42 Å². The van der Waals surface area contributed by atoms with Crippen LogP contribution in [-0.4, -0.2) is 80.9 Å². The Hall–Kier alpha value is -0.700. The number of sulfonamides is 1. The molecule has 8 heteroatoms. The number of amides is 1. The molecule has 3 rings (SSSR count). The van der Waals surface area contributed by atoms with Gasteiger partial charge < -0.3 is 14.4 Å². The maximum Gasteiger partial charge on any atom is 0.228 e. The summed E-state index contributed by atoms with van der Waals surface area (Å²) in [7, 11) is -3.24. The fourth-order valence-corrected chi connectivity index (χ4v) is 5.26. The Morgan fingerprint density at radius 1 is 1.22 bits per heavy atom. The summed E-state index contributed by atoms with van der Waals surface area (Å²) in [5.74, 6) is 0.0588. The molecule has 0 aliphatic carbocycles. The smallest absolute Gasteiger partial charge is 0.228 e. The minimum atomic E-state index is -3.24. The molecule has 1 amide bonds. The average molecular weight is 346 g/mol. The van der Waals surface area contributed by atoms with Crippen molar-refractivity contribution in [3.05, 3.63) is 0 Å². The average Bonchev–Trinajstić information content (AvgIpc) is 2.87. The van der Waals surface area contributed by atoms with Crippen LogP contribution in [0.3, 0.4) is 0 Å². The van der Waals surface area contributed by atoms with Gasteiger partial charge in [-0.1, -0.05) is 13.3 Å². The normalized spacial score (nSPS) is 32.2. The van der Waals surface area contributed by atoms with E-state index in [2.05, 4.69) is 0 Å². The molecule has 3 atom stereocenters. The lowest BCUT2D eigenvalue weighted by Crippen LogP contribution is -2.50. The molecule has 3 saturated heterocycles. The van der Waals surface area contributed by atoms with E-state index in [1.54, 1.807) is 0 Å². The molecule has 0 aromatic rings. The van der Waals surface area contributed by atoms with Gasteiger partial charge in [-0.05, 0) is 12.8 Å². The van der Waals surface area contributed by atoms with Crippen molar-refractivity contribution in [2.75, 3.05) is 45.1 Å². The summed E-state index contributed by atoms with van der Waals surface area (Å²) in [6.45, 7) is 5.06. The lowest BCUT2D eigenvalue weighted by molar-refractivity contribution is -0.142. The zero-order valence-corrected chi connectivity index (χ0v) is 14.5. The van der Waals surface area contributed by atoms with Crippen LogP contribution < -0.4 is 0 Å². The van der Waals surface area contributed by atoms with Gasteiger partial charge >= 0.3 is 0 Å². The monoisotopic (exact) mass is 346 g/mol. The fourth-order valence-electron chi connectivity index (χ4n) is 3.58. The van der Waals surface area contributed by atoms with E-state index < -0.39 is 10.0 Å². The molecule has 3 fully saturated rings. The predicted octanol–water partition coefficient (Wildman–Crippen LogP) is 0.0644. The number of carbonyl (C=O) groups excluding carboxylic acids is 1. The molecular weight excluding hydrogens is 320 g/mol. The van der Waals surface area contributed by atoms with Crippen molar-refractivity contribution >= 4 is 15.9 Å². The van der Waals surface area contributed by atoms with Gasteiger partial charge in [0, 0.05) is 26.2 Å². The third-order valence-corrected chi connectivity index (χ3v) is 6.80. The van der Waals surface area contributed by atoms with Gasteiger partial charge in [0.2, 0.25) is 15.9 Å². The van der Waals surface area contributed by atoms with Crippen molar-refractivity contribution in [3.63, 3.8) is 0 Å². The van der Waals surface area contributed by atoms with Crippen LogP contribution in [0.25, 0.3) is 0 Å². The van der Waals surface area contributed by atoms with Crippen LogP contribution in [0.1, 0.15) is 26.2 Å². The first-order valence-electron chi connectivity index (χ1n) is 8.51. The van der Waals surface area contributed by atoms with E-state index in [1.807, 2.05) is 11.8 Å². The van der Waals surface area contributed by atoms with Crippen LogP contribution >= 0.6 is 0 Å². The van der Waals surface area contributed by atoms with Crippen molar-refractivity contribution < 1.29 is 22.7 Å². The van der Waals surface area contributed by atoms with E-state index in [4.69, 9.17) is 9.47 Å². The Morgan fingerprint density at radius 3 is 2.65 bits per heavy atom. The summed E-state index contributed by atoms with van der Waals surface area (Å²) in [5.41, 5.74) is 0. The molecule has 3 aliphatic heterocycles. The summed E-state index contributed by atoms with van der Waals surface area (Å²) in [6.07, 6.45) is 1.70. The van der Waals surface area contributed by atoms with E-state index in [-0.39, 0.29) is 29.8 Å². The van der Waals surface area contributed by atoms with Gasteiger partial charge in [-0.15, -0.1) is 0 Å². The second-order valence-electron chi connectivity index (χ2n) is 6.56. The Morgan fingerprint density at radius 2 is 1.96 bits per heavy atom. The summed E-state index contributed by atoms with van der Waals surface area (Å²) < 4.78 is 37.5. The van der Waals surface area contributed by atoms with Crippen LogP contribution in [-0.2, 0) is 24.3 Å². The minimum Gasteiger partial charge on any atom is -0.378 e. The number of fused-ring (bicyclic) bond motifs is 2. The molecule has 132 valence electrons. The van der Waals surface area contributed by atoms with Gasteiger partial charge in [0.05, 0.1) is 37.1 Å². The lowest BCUT2D eigenvalue weighted by Gasteiger charge is -2.33. The SMILES string of the molecule is CCCCS(=O)(=O)N1C[C@@H]2C[C@@H](C(=O)N3CCOCC3)[C@H](C1)O2. The number of unbranched alkanes of at least 4 members (excludes halogenated alkanes) is 1. The molecule has 3 aliphatic rings. The van der Waals surface area contributed by atoms with Crippen molar-refractivity contribution in [1.29, 1.82) is 0 Å². The van der Waals surface area contributed by atoms with E-state index in [1.165, 1.54) is 4.31 Å². The van der Waals surface area contributed by atoms with Gasteiger partial charge in [0.1, 0.15) is 0 Å². The standard InChI is InChI=1S/C15H26N2O5S/c1-2-3-8-23(19,20)17-10-12-9-13(14(11-17)22-12)15(18)16-4-6-21-7-5-16/h12-14H,2-11H2,1H3/t12-,13+,14-/m0/s1. The van der Waals surface area contributed by atoms with Gasteiger partial charge in [-0.2, -0.15) is 4.31 Å². The lowest BCUT2D eigenvalue weighted by atomic mass is 9.98. The Balaban J connectivity index is 1.64. The van der Waals surface area contributed by atoms with Crippen LogP contribution in [0.2, 0.25) is 0 Å². The molecule has 0 aromatic carbocycles. The number of nitrogens with zero attached hydrogens (tertiary/aromatic N) is 2. The highest BCUT2D eigenvalue weighted by molar-refractivity contribution is 7.89. The zero-order valence-electron chi connectivity index (χ0n) is 13.6. The maximum atomic E-state index is 12.7. The van der Waals surface area contributed by atoms with Gasteiger partial charge in [-0.25, -0.2) is 8.42 Å². The Bertz CT molecular complexity index is 532. The molecule has 0 spiro atoms. The summed E-state index contributed by atoms with van der Waals surface area (Å²) >= 11 is 0. The third-order valence-electron chi connectivity index (χ3n) is 4.91. The molecule has 7 nitrogen and oxygen atoms in total. The van der Waals surface area contributed by atoms with E-state index >= 15 is 0 Å². The molecular formula is C15H26N2O5S. The molecule has 0 N–H and O–H groups in total. The fraction of sp³-hybridized carbons (Fsp3) is 0.933. The Labute approximate surface area is 138 Å². The summed E-state index contributed by atoms with van der Waals surface area (Å²) in [6, 6.07) is 0. The maximum absolute atomic E-state index is 12.7. The van der Waals surface area contributed by atoms with Crippen LogP contribution in [0.4, 0.5) is 0 Å². The summed E-state index contributed by atoms with van der Waals surface area (Å²) in [4.78, 5) is 14.5. The molecule has 0 saturated carbocycles. The molecule has 0 unspecified atom stereocenters.